The summed E-state index contributed by atoms with van der Waals surface area (Å²) in [6.07, 6.45) is 0. The highest BCUT2D eigenvalue weighted by atomic mass is 32.1. The summed E-state index contributed by atoms with van der Waals surface area (Å²) >= 11 is 1.34. The van der Waals surface area contributed by atoms with Gasteiger partial charge in [0.2, 0.25) is 0 Å². The lowest BCUT2D eigenvalue weighted by Crippen LogP contribution is -2.12. The van der Waals surface area contributed by atoms with Crippen LogP contribution in [-0.2, 0) is 4.79 Å². The normalized spacial score (nSPS) is 10.2. The van der Waals surface area contributed by atoms with E-state index in [-0.39, 0.29) is 5.91 Å². The van der Waals surface area contributed by atoms with Crippen LogP contribution < -0.4 is 10.1 Å². The van der Waals surface area contributed by atoms with Crippen molar-refractivity contribution < 1.29 is 19.4 Å². The minimum Gasteiger partial charge on any atom is -0.482 e. The summed E-state index contributed by atoms with van der Waals surface area (Å²) in [5.41, 5.74) is 1.31. The number of carboxylic acids is 1. The van der Waals surface area contributed by atoms with Crippen molar-refractivity contribution in [3.8, 4) is 5.75 Å². The average molecular weight is 306 g/mol. The van der Waals surface area contributed by atoms with Crippen LogP contribution in [0.2, 0.25) is 0 Å². The van der Waals surface area contributed by atoms with Crippen molar-refractivity contribution in [2.45, 2.75) is 13.8 Å². The number of aliphatic carboxylic acids is 1. The van der Waals surface area contributed by atoms with Crippen molar-refractivity contribution in [2.24, 2.45) is 0 Å². The number of aryl methyl sites for hydroxylation is 2. The van der Waals surface area contributed by atoms with E-state index in [1.54, 1.807) is 31.2 Å². The largest absolute Gasteiger partial charge is 0.482 e. The van der Waals surface area contributed by atoms with E-state index < -0.39 is 12.6 Å². The molecule has 0 aliphatic carbocycles. The zero-order valence-electron chi connectivity index (χ0n) is 11.5. The first-order valence-electron chi connectivity index (χ1n) is 6.16. The third kappa shape index (κ3) is 4.03. The number of carbonyl (C=O) groups is 2. The molecule has 0 radical (unpaired) electrons. The molecule has 1 heterocycles. The summed E-state index contributed by atoms with van der Waals surface area (Å²) < 4.78 is 5.01. The van der Waals surface area contributed by atoms with Gasteiger partial charge in [0.25, 0.3) is 5.91 Å². The molecule has 7 heteroatoms. The van der Waals surface area contributed by atoms with E-state index in [1.165, 1.54) is 11.3 Å². The number of amides is 1. The Balaban J connectivity index is 2.01. The van der Waals surface area contributed by atoms with Crippen LogP contribution in [0.25, 0.3) is 0 Å². The second-order valence-corrected chi connectivity index (χ2v) is 5.51. The van der Waals surface area contributed by atoms with Gasteiger partial charge in [-0.15, -0.1) is 11.3 Å². The lowest BCUT2D eigenvalue weighted by molar-refractivity contribution is -0.139. The lowest BCUT2D eigenvalue weighted by atomic mass is 10.3. The molecular formula is C14H14N2O4S. The highest BCUT2D eigenvalue weighted by Crippen LogP contribution is 2.20. The third-order valence-corrected chi connectivity index (χ3v) is 3.66. The molecule has 21 heavy (non-hydrogen) atoms. The number of nitrogens with zero attached hydrogens (tertiary/aromatic N) is 1. The minimum absolute atomic E-state index is 0.211. The zero-order valence-corrected chi connectivity index (χ0v) is 12.4. The van der Waals surface area contributed by atoms with Crippen molar-refractivity contribution in [1.29, 1.82) is 0 Å². The Morgan fingerprint density at radius 3 is 2.48 bits per heavy atom. The topological polar surface area (TPSA) is 88.5 Å². The van der Waals surface area contributed by atoms with Gasteiger partial charge in [0.1, 0.15) is 10.6 Å². The average Bonchev–Trinajstić information content (AvgIpc) is 2.77. The Bertz CT molecular complexity index is 664. The van der Waals surface area contributed by atoms with Gasteiger partial charge >= 0.3 is 5.97 Å². The summed E-state index contributed by atoms with van der Waals surface area (Å²) in [6.45, 7) is 3.25. The number of thiazole rings is 1. The molecule has 1 aromatic heterocycles. The maximum atomic E-state index is 12.1. The molecule has 0 aliphatic rings. The van der Waals surface area contributed by atoms with Crippen LogP contribution in [0.4, 0.5) is 5.69 Å². The molecule has 0 atom stereocenters. The molecule has 0 saturated carbocycles. The fourth-order valence-corrected chi connectivity index (χ4v) is 2.52. The van der Waals surface area contributed by atoms with Crippen LogP contribution in [0.5, 0.6) is 5.75 Å². The summed E-state index contributed by atoms with van der Waals surface area (Å²) in [4.78, 5) is 27.3. The number of nitrogens with one attached hydrogen (secondary N) is 1. The summed E-state index contributed by atoms with van der Waals surface area (Å²) in [5, 5.41) is 12.1. The SMILES string of the molecule is Cc1nc(C)c(C(=O)Nc2ccc(OCC(=O)O)cc2)s1. The number of rotatable bonds is 5. The number of aromatic nitrogens is 1. The predicted octanol–water partition coefficient (Wildman–Crippen LogP) is 2.48. The van der Waals surface area contributed by atoms with Crippen LogP contribution in [0, 0.1) is 13.8 Å². The molecule has 2 rings (SSSR count). The van der Waals surface area contributed by atoms with Crippen molar-refractivity contribution in [3.05, 3.63) is 39.8 Å². The van der Waals surface area contributed by atoms with Crippen LogP contribution in [0.15, 0.2) is 24.3 Å². The maximum absolute atomic E-state index is 12.1. The highest BCUT2D eigenvalue weighted by molar-refractivity contribution is 7.13. The molecule has 0 aliphatic heterocycles. The molecule has 0 bridgehead atoms. The first-order chi connectivity index (χ1) is 9.95. The highest BCUT2D eigenvalue weighted by Gasteiger charge is 2.13. The Kier molecular flexibility index (Phi) is 4.54. The smallest absolute Gasteiger partial charge is 0.341 e. The number of benzene rings is 1. The molecule has 110 valence electrons. The molecule has 1 amide bonds. The van der Waals surface area contributed by atoms with Crippen molar-refractivity contribution in [2.75, 3.05) is 11.9 Å². The fraction of sp³-hybridized carbons (Fsp3) is 0.214. The van der Waals surface area contributed by atoms with Crippen LogP contribution in [0.3, 0.4) is 0 Å². The van der Waals surface area contributed by atoms with E-state index in [2.05, 4.69) is 10.3 Å². The van der Waals surface area contributed by atoms with Gasteiger partial charge < -0.3 is 15.2 Å². The zero-order chi connectivity index (χ0) is 15.4. The quantitative estimate of drug-likeness (QED) is 0.886. The van der Waals surface area contributed by atoms with E-state index >= 15 is 0 Å². The molecule has 0 saturated heterocycles. The molecule has 0 fully saturated rings. The van der Waals surface area contributed by atoms with Crippen LogP contribution >= 0.6 is 11.3 Å². The number of hydrogen-bond acceptors (Lipinski definition) is 5. The Hall–Kier alpha value is -2.41. The van der Waals surface area contributed by atoms with Crippen LogP contribution in [0.1, 0.15) is 20.4 Å². The van der Waals surface area contributed by atoms with E-state index in [0.717, 1.165) is 5.01 Å². The first-order valence-corrected chi connectivity index (χ1v) is 6.97. The van der Waals surface area contributed by atoms with Crippen molar-refractivity contribution >= 4 is 28.9 Å². The number of hydrogen-bond donors (Lipinski definition) is 2. The first kappa shape index (κ1) is 15.0. The van der Waals surface area contributed by atoms with Crippen molar-refractivity contribution in [1.82, 2.24) is 4.98 Å². The summed E-state index contributed by atoms with van der Waals surface area (Å²) in [5.74, 6) is -0.819. The van der Waals surface area contributed by atoms with Crippen molar-refractivity contribution in [3.63, 3.8) is 0 Å². The number of anilines is 1. The van der Waals surface area contributed by atoms with E-state index in [1.807, 2.05) is 6.92 Å². The van der Waals surface area contributed by atoms with Gasteiger partial charge in [0.05, 0.1) is 10.7 Å². The standard InChI is InChI=1S/C14H14N2O4S/c1-8-13(21-9(2)15-8)14(19)16-10-3-5-11(6-4-10)20-7-12(17)18/h3-6H,7H2,1-2H3,(H,16,19)(H,17,18). The molecule has 2 aromatic rings. The molecular weight excluding hydrogens is 292 g/mol. The summed E-state index contributed by atoms with van der Waals surface area (Å²) in [7, 11) is 0. The third-order valence-electron chi connectivity index (χ3n) is 2.58. The Morgan fingerprint density at radius 2 is 1.95 bits per heavy atom. The molecule has 0 unspecified atom stereocenters. The van der Waals surface area contributed by atoms with Gasteiger partial charge in [-0.3, -0.25) is 4.79 Å². The Morgan fingerprint density at radius 1 is 1.29 bits per heavy atom. The Labute approximate surface area is 125 Å². The predicted molar refractivity (Wildman–Crippen MR) is 79.1 cm³/mol. The second-order valence-electron chi connectivity index (χ2n) is 4.31. The van der Waals surface area contributed by atoms with Gasteiger partial charge in [-0.1, -0.05) is 0 Å². The van der Waals surface area contributed by atoms with E-state index in [0.29, 0.717) is 22.0 Å². The molecule has 0 spiro atoms. The number of carboxylic acid groups (broad SMARTS) is 1. The summed E-state index contributed by atoms with van der Waals surface area (Å²) in [6, 6.07) is 6.50. The number of carbonyl (C=O) groups excluding carboxylic acids is 1. The monoisotopic (exact) mass is 306 g/mol. The number of ether oxygens (including phenoxy) is 1. The molecule has 6 nitrogen and oxygen atoms in total. The fourth-order valence-electron chi connectivity index (χ4n) is 1.71. The lowest BCUT2D eigenvalue weighted by Gasteiger charge is -2.06. The van der Waals surface area contributed by atoms with Gasteiger partial charge in [0, 0.05) is 5.69 Å². The molecule has 2 N–H and O–H groups in total. The molecule has 1 aromatic carbocycles. The minimum atomic E-state index is -1.04. The van der Waals surface area contributed by atoms with Gasteiger partial charge in [-0.25, -0.2) is 9.78 Å². The van der Waals surface area contributed by atoms with E-state index in [4.69, 9.17) is 9.84 Å². The van der Waals surface area contributed by atoms with E-state index in [9.17, 15) is 9.59 Å². The van der Waals surface area contributed by atoms with Gasteiger partial charge in [0.15, 0.2) is 6.61 Å². The van der Waals surface area contributed by atoms with Gasteiger partial charge in [-0.05, 0) is 38.1 Å². The van der Waals surface area contributed by atoms with Crippen LogP contribution in [-0.4, -0.2) is 28.6 Å². The maximum Gasteiger partial charge on any atom is 0.341 e. The second kappa shape index (κ2) is 6.36. The van der Waals surface area contributed by atoms with Gasteiger partial charge in [-0.2, -0.15) is 0 Å².